The molecule has 0 spiro atoms. The van der Waals surface area contributed by atoms with Crippen LogP contribution >= 0.6 is 0 Å². The van der Waals surface area contributed by atoms with Gasteiger partial charge in [0.15, 0.2) is 0 Å². The Hall–Kier alpha value is -1.01. The zero-order valence-corrected chi connectivity index (χ0v) is 7.81. The molecule has 1 fully saturated rings. The summed E-state index contributed by atoms with van der Waals surface area (Å²) >= 11 is 0. The summed E-state index contributed by atoms with van der Waals surface area (Å²) in [6.07, 6.45) is 9.97. The van der Waals surface area contributed by atoms with Crippen molar-refractivity contribution >= 4 is 5.91 Å². The van der Waals surface area contributed by atoms with Gasteiger partial charge in [0.1, 0.15) is 0 Å². The van der Waals surface area contributed by atoms with Gasteiger partial charge in [-0.2, -0.15) is 0 Å². The van der Waals surface area contributed by atoms with E-state index in [1.54, 1.807) is 0 Å². The highest BCUT2D eigenvalue weighted by atomic mass is 16.1. The quantitative estimate of drug-likeness (QED) is 0.610. The smallest absolute Gasteiger partial charge is 0.234 e. The van der Waals surface area contributed by atoms with Gasteiger partial charge in [-0.3, -0.25) is 4.79 Å². The number of hydrogen-bond acceptors (Lipinski definition) is 2. The molecule has 1 amide bonds. The zero-order valence-electron chi connectivity index (χ0n) is 7.81. The van der Waals surface area contributed by atoms with Crippen LogP contribution in [0, 0.1) is 12.3 Å². The third kappa shape index (κ3) is 3.95. The number of rotatable bonds is 4. The van der Waals surface area contributed by atoms with Crippen LogP contribution in [0.15, 0.2) is 0 Å². The monoisotopic (exact) mass is 180 g/mol. The SMILES string of the molecule is C#CCNC(=O)CNC1CCCC1. The van der Waals surface area contributed by atoms with Crippen molar-refractivity contribution in [3.05, 3.63) is 0 Å². The van der Waals surface area contributed by atoms with Crippen LogP contribution in [0.3, 0.4) is 0 Å². The molecule has 1 aliphatic carbocycles. The van der Waals surface area contributed by atoms with Crippen molar-refractivity contribution in [2.45, 2.75) is 31.7 Å². The van der Waals surface area contributed by atoms with Crippen molar-refractivity contribution in [1.29, 1.82) is 0 Å². The van der Waals surface area contributed by atoms with Gasteiger partial charge >= 0.3 is 0 Å². The molecule has 0 aromatic heterocycles. The molecular weight excluding hydrogens is 164 g/mol. The fraction of sp³-hybridized carbons (Fsp3) is 0.700. The molecule has 0 aromatic rings. The Morgan fingerprint density at radius 3 is 2.77 bits per heavy atom. The van der Waals surface area contributed by atoms with E-state index >= 15 is 0 Å². The van der Waals surface area contributed by atoms with Crippen molar-refractivity contribution in [3.8, 4) is 12.3 Å². The van der Waals surface area contributed by atoms with Gasteiger partial charge in [-0.25, -0.2) is 0 Å². The number of amides is 1. The van der Waals surface area contributed by atoms with E-state index in [1.165, 1.54) is 25.7 Å². The van der Waals surface area contributed by atoms with Gasteiger partial charge in [0.25, 0.3) is 0 Å². The molecule has 3 nitrogen and oxygen atoms in total. The van der Waals surface area contributed by atoms with Gasteiger partial charge in [0.2, 0.25) is 5.91 Å². The predicted molar refractivity (Wildman–Crippen MR) is 52.1 cm³/mol. The first-order chi connectivity index (χ1) is 6.33. The van der Waals surface area contributed by atoms with E-state index in [9.17, 15) is 4.79 Å². The van der Waals surface area contributed by atoms with Crippen LogP contribution in [0.4, 0.5) is 0 Å². The molecule has 0 atom stereocenters. The molecule has 1 rings (SSSR count). The van der Waals surface area contributed by atoms with Crippen molar-refractivity contribution in [1.82, 2.24) is 10.6 Å². The van der Waals surface area contributed by atoms with Crippen molar-refractivity contribution in [3.63, 3.8) is 0 Å². The summed E-state index contributed by atoms with van der Waals surface area (Å²) in [5, 5.41) is 5.83. The number of carbonyl (C=O) groups is 1. The molecule has 0 saturated heterocycles. The van der Waals surface area contributed by atoms with E-state index in [0.717, 1.165) is 0 Å². The lowest BCUT2D eigenvalue weighted by Crippen LogP contribution is -2.38. The van der Waals surface area contributed by atoms with Crippen LogP contribution in [-0.2, 0) is 4.79 Å². The van der Waals surface area contributed by atoms with Crippen molar-refractivity contribution in [2.24, 2.45) is 0 Å². The predicted octanol–water partition coefficient (Wildman–Crippen LogP) is 0.268. The molecule has 72 valence electrons. The minimum atomic E-state index is -0.00940. The van der Waals surface area contributed by atoms with Crippen LogP contribution in [0.25, 0.3) is 0 Å². The molecule has 0 heterocycles. The summed E-state index contributed by atoms with van der Waals surface area (Å²) in [7, 11) is 0. The minimum Gasteiger partial charge on any atom is -0.344 e. The summed E-state index contributed by atoms with van der Waals surface area (Å²) in [6.45, 7) is 0.720. The average molecular weight is 180 g/mol. The fourth-order valence-corrected chi connectivity index (χ4v) is 1.58. The molecule has 0 unspecified atom stereocenters. The molecule has 1 saturated carbocycles. The lowest BCUT2D eigenvalue weighted by Gasteiger charge is -2.10. The highest BCUT2D eigenvalue weighted by molar-refractivity contribution is 5.78. The van der Waals surface area contributed by atoms with E-state index in [2.05, 4.69) is 16.6 Å². The van der Waals surface area contributed by atoms with Gasteiger partial charge in [-0.1, -0.05) is 18.8 Å². The van der Waals surface area contributed by atoms with E-state index < -0.39 is 0 Å². The summed E-state index contributed by atoms with van der Waals surface area (Å²) in [5.74, 6) is 2.36. The summed E-state index contributed by atoms with van der Waals surface area (Å²) in [5.41, 5.74) is 0. The number of carbonyl (C=O) groups excluding carboxylic acids is 1. The van der Waals surface area contributed by atoms with Gasteiger partial charge in [0.05, 0.1) is 13.1 Å². The maximum Gasteiger partial charge on any atom is 0.234 e. The summed E-state index contributed by atoms with van der Waals surface area (Å²) < 4.78 is 0. The van der Waals surface area contributed by atoms with Crippen LogP contribution in [0.5, 0.6) is 0 Å². The van der Waals surface area contributed by atoms with Crippen molar-refractivity contribution in [2.75, 3.05) is 13.1 Å². The molecule has 2 N–H and O–H groups in total. The first kappa shape index (κ1) is 10.1. The minimum absolute atomic E-state index is 0.00940. The second-order valence-electron chi connectivity index (χ2n) is 3.34. The van der Waals surface area contributed by atoms with Crippen LogP contribution < -0.4 is 10.6 Å². The zero-order chi connectivity index (χ0) is 9.52. The standard InChI is InChI=1S/C10H16N2O/c1-2-7-11-10(13)8-12-9-5-3-4-6-9/h1,9,12H,3-8H2,(H,11,13). The first-order valence-corrected chi connectivity index (χ1v) is 4.76. The second kappa shape index (κ2) is 5.60. The van der Waals surface area contributed by atoms with Crippen LogP contribution in [-0.4, -0.2) is 25.0 Å². The first-order valence-electron chi connectivity index (χ1n) is 4.76. The summed E-state index contributed by atoms with van der Waals surface area (Å²) in [4.78, 5) is 11.1. The highest BCUT2D eigenvalue weighted by Crippen LogP contribution is 2.16. The Bertz CT molecular complexity index is 201. The van der Waals surface area contributed by atoms with Crippen LogP contribution in [0.1, 0.15) is 25.7 Å². The summed E-state index contributed by atoms with van der Waals surface area (Å²) in [6, 6.07) is 0.539. The van der Waals surface area contributed by atoms with E-state index in [1.807, 2.05) is 0 Å². The number of nitrogens with one attached hydrogen (secondary N) is 2. The largest absolute Gasteiger partial charge is 0.344 e. The fourth-order valence-electron chi connectivity index (χ4n) is 1.58. The van der Waals surface area contributed by atoms with Crippen molar-refractivity contribution < 1.29 is 4.79 Å². The Labute approximate surface area is 79.3 Å². The third-order valence-electron chi connectivity index (χ3n) is 2.29. The normalized spacial score (nSPS) is 16.8. The Morgan fingerprint density at radius 2 is 2.15 bits per heavy atom. The Kier molecular flexibility index (Phi) is 4.34. The Morgan fingerprint density at radius 1 is 1.46 bits per heavy atom. The lowest BCUT2D eigenvalue weighted by molar-refractivity contribution is -0.120. The average Bonchev–Trinajstić information content (AvgIpc) is 2.64. The molecule has 0 radical (unpaired) electrons. The van der Waals surface area contributed by atoms with Gasteiger partial charge in [-0.05, 0) is 12.8 Å². The number of terminal acetylenes is 1. The van der Waals surface area contributed by atoms with E-state index in [0.29, 0.717) is 19.1 Å². The maximum atomic E-state index is 11.1. The molecule has 13 heavy (non-hydrogen) atoms. The molecule has 0 bridgehead atoms. The molecule has 0 aromatic carbocycles. The molecule has 3 heteroatoms. The highest BCUT2D eigenvalue weighted by Gasteiger charge is 2.14. The van der Waals surface area contributed by atoms with E-state index in [4.69, 9.17) is 6.42 Å². The van der Waals surface area contributed by atoms with E-state index in [-0.39, 0.29) is 5.91 Å². The molecule has 1 aliphatic rings. The lowest BCUT2D eigenvalue weighted by atomic mass is 10.2. The molecular formula is C10H16N2O. The Balaban J connectivity index is 2.04. The molecule has 0 aliphatic heterocycles. The second-order valence-corrected chi connectivity index (χ2v) is 3.34. The van der Waals surface area contributed by atoms with Gasteiger partial charge < -0.3 is 10.6 Å². The third-order valence-corrected chi connectivity index (χ3v) is 2.29. The van der Waals surface area contributed by atoms with Gasteiger partial charge in [0, 0.05) is 6.04 Å². The number of hydrogen-bond donors (Lipinski definition) is 2. The maximum absolute atomic E-state index is 11.1. The topological polar surface area (TPSA) is 41.1 Å². The van der Waals surface area contributed by atoms with Gasteiger partial charge in [-0.15, -0.1) is 6.42 Å². The van der Waals surface area contributed by atoms with Crippen LogP contribution in [0.2, 0.25) is 0 Å².